The second-order valence-electron chi connectivity index (χ2n) is 5.13. The summed E-state index contributed by atoms with van der Waals surface area (Å²) in [5.41, 5.74) is 3.95. The van der Waals surface area contributed by atoms with Gasteiger partial charge in [-0.25, -0.2) is 0 Å². The number of hydrogen-bond acceptors (Lipinski definition) is 2. The molecule has 0 spiro atoms. The van der Waals surface area contributed by atoms with Crippen molar-refractivity contribution in [2.45, 2.75) is 45.6 Å². The first-order chi connectivity index (χ1) is 8.22. The molecule has 1 aromatic carbocycles. The van der Waals surface area contributed by atoms with Crippen LogP contribution >= 0.6 is 0 Å². The Morgan fingerprint density at radius 1 is 1.35 bits per heavy atom. The summed E-state index contributed by atoms with van der Waals surface area (Å²) in [5, 5.41) is 8.96. The lowest BCUT2D eigenvalue weighted by atomic mass is 10.00. The highest BCUT2D eigenvalue weighted by Gasteiger charge is 2.19. The second kappa shape index (κ2) is 5.54. The van der Waals surface area contributed by atoms with Gasteiger partial charge in [0.25, 0.3) is 0 Å². The zero-order valence-electron chi connectivity index (χ0n) is 10.9. The van der Waals surface area contributed by atoms with Crippen molar-refractivity contribution in [3.8, 4) is 0 Å². The maximum absolute atomic E-state index is 8.96. The summed E-state index contributed by atoms with van der Waals surface area (Å²) < 4.78 is 0. The summed E-state index contributed by atoms with van der Waals surface area (Å²) in [6, 6.07) is 7.25. The standard InChI is InChI=1S/C15H23NO/c1-12-11-14(8-10-17)6-7-15(12)16-9-4-3-5-13(16)2/h6-7,11,13,17H,3-5,8-10H2,1-2H3. The number of nitrogens with zero attached hydrogens (tertiary/aromatic N) is 1. The Hall–Kier alpha value is -1.02. The third-order valence-electron chi connectivity index (χ3n) is 3.77. The van der Waals surface area contributed by atoms with Gasteiger partial charge in [0.1, 0.15) is 0 Å². The number of rotatable bonds is 3. The Morgan fingerprint density at radius 2 is 2.18 bits per heavy atom. The van der Waals surface area contributed by atoms with Crippen LogP contribution in [0.1, 0.15) is 37.3 Å². The van der Waals surface area contributed by atoms with Gasteiger partial charge in [0.15, 0.2) is 0 Å². The average Bonchev–Trinajstić information content (AvgIpc) is 2.31. The molecule has 1 atom stereocenters. The van der Waals surface area contributed by atoms with E-state index in [1.807, 2.05) is 0 Å². The van der Waals surface area contributed by atoms with E-state index in [-0.39, 0.29) is 6.61 Å². The van der Waals surface area contributed by atoms with Crippen LogP contribution in [-0.4, -0.2) is 24.3 Å². The zero-order valence-corrected chi connectivity index (χ0v) is 10.9. The van der Waals surface area contributed by atoms with E-state index < -0.39 is 0 Å². The molecule has 1 aliphatic heterocycles. The largest absolute Gasteiger partial charge is 0.396 e. The van der Waals surface area contributed by atoms with E-state index in [4.69, 9.17) is 5.11 Å². The Balaban J connectivity index is 2.20. The topological polar surface area (TPSA) is 23.5 Å². The molecule has 1 N–H and O–H groups in total. The molecule has 0 aliphatic carbocycles. The molecule has 1 heterocycles. The van der Waals surface area contributed by atoms with Crippen LogP contribution in [0.5, 0.6) is 0 Å². The molecule has 0 bridgehead atoms. The van der Waals surface area contributed by atoms with Gasteiger partial charge in [0.05, 0.1) is 0 Å². The number of aliphatic hydroxyl groups is 1. The lowest BCUT2D eigenvalue weighted by Gasteiger charge is -2.36. The van der Waals surface area contributed by atoms with E-state index in [2.05, 4.69) is 36.9 Å². The molecule has 0 aromatic heterocycles. The fourth-order valence-corrected chi connectivity index (χ4v) is 2.78. The van der Waals surface area contributed by atoms with Gasteiger partial charge in [-0.3, -0.25) is 0 Å². The Kier molecular flexibility index (Phi) is 4.06. The summed E-state index contributed by atoms with van der Waals surface area (Å²) in [4.78, 5) is 2.53. The summed E-state index contributed by atoms with van der Waals surface area (Å²) in [5.74, 6) is 0. The number of anilines is 1. The molecule has 1 aromatic rings. The normalized spacial score (nSPS) is 20.6. The second-order valence-corrected chi connectivity index (χ2v) is 5.13. The highest BCUT2D eigenvalue weighted by atomic mass is 16.2. The zero-order chi connectivity index (χ0) is 12.3. The van der Waals surface area contributed by atoms with E-state index in [1.165, 1.54) is 42.6 Å². The van der Waals surface area contributed by atoms with Gasteiger partial charge < -0.3 is 10.0 Å². The summed E-state index contributed by atoms with van der Waals surface area (Å²) in [6.45, 7) is 5.91. The van der Waals surface area contributed by atoms with Crippen LogP contribution in [0.2, 0.25) is 0 Å². The van der Waals surface area contributed by atoms with Crippen molar-refractivity contribution in [2.75, 3.05) is 18.1 Å². The van der Waals surface area contributed by atoms with Crippen LogP contribution in [0.4, 0.5) is 5.69 Å². The van der Waals surface area contributed by atoms with Gasteiger partial charge in [0.2, 0.25) is 0 Å². The quantitative estimate of drug-likeness (QED) is 0.867. The first kappa shape index (κ1) is 12.4. The minimum atomic E-state index is 0.235. The molecule has 2 heteroatoms. The van der Waals surface area contributed by atoms with Crippen molar-refractivity contribution in [2.24, 2.45) is 0 Å². The van der Waals surface area contributed by atoms with Crippen molar-refractivity contribution in [1.29, 1.82) is 0 Å². The number of aliphatic hydroxyl groups excluding tert-OH is 1. The van der Waals surface area contributed by atoms with Crippen molar-refractivity contribution in [3.63, 3.8) is 0 Å². The molecular weight excluding hydrogens is 210 g/mol. The molecule has 1 saturated heterocycles. The van der Waals surface area contributed by atoms with Gasteiger partial charge in [-0.05, 0) is 56.7 Å². The van der Waals surface area contributed by atoms with E-state index in [0.717, 1.165) is 6.42 Å². The molecule has 2 rings (SSSR count). The van der Waals surface area contributed by atoms with Gasteiger partial charge >= 0.3 is 0 Å². The number of aryl methyl sites for hydroxylation is 1. The van der Waals surface area contributed by atoms with E-state index in [9.17, 15) is 0 Å². The monoisotopic (exact) mass is 233 g/mol. The minimum absolute atomic E-state index is 0.235. The molecule has 0 radical (unpaired) electrons. The lowest BCUT2D eigenvalue weighted by Crippen LogP contribution is -2.37. The molecule has 17 heavy (non-hydrogen) atoms. The van der Waals surface area contributed by atoms with E-state index >= 15 is 0 Å². The average molecular weight is 233 g/mol. The predicted octanol–water partition coefficient (Wildman–Crippen LogP) is 2.91. The molecular formula is C15H23NO. The molecule has 94 valence electrons. The van der Waals surface area contributed by atoms with Gasteiger partial charge in [-0.1, -0.05) is 12.1 Å². The molecule has 0 saturated carbocycles. The smallest absolute Gasteiger partial charge is 0.0471 e. The van der Waals surface area contributed by atoms with Crippen LogP contribution < -0.4 is 4.90 Å². The Labute approximate surface area is 104 Å². The summed E-state index contributed by atoms with van der Waals surface area (Å²) >= 11 is 0. The molecule has 0 amide bonds. The molecule has 1 unspecified atom stereocenters. The third-order valence-corrected chi connectivity index (χ3v) is 3.77. The van der Waals surface area contributed by atoms with E-state index in [1.54, 1.807) is 0 Å². The Bertz CT molecular complexity index is 375. The highest BCUT2D eigenvalue weighted by molar-refractivity contribution is 5.55. The van der Waals surface area contributed by atoms with Crippen LogP contribution in [0.25, 0.3) is 0 Å². The van der Waals surface area contributed by atoms with Crippen molar-refractivity contribution < 1.29 is 5.11 Å². The summed E-state index contributed by atoms with van der Waals surface area (Å²) in [6.07, 6.45) is 4.73. The molecule has 1 aliphatic rings. The van der Waals surface area contributed by atoms with Crippen LogP contribution in [0.3, 0.4) is 0 Å². The molecule has 2 nitrogen and oxygen atoms in total. The fraction of sp³-hybridized carbons (Fsp3) is 0.600. The Morgan fingerprint density at radius 3 is 2.82 bits per heavy atom. The number of hydrogen-bond donors (Lipinski definition) is 1. The lowest BCUT2D eigenvalue weighted by molar-refractivity contribution is 0.299. The first-order valence-electron chi connectivity index (χ1n) is 6.69. The summed E-state index contributed by atoms with van der Waals surface area (Å²) in [7, 11) is 0. The van der Waals surface area contributed by atoms with Gasteiger partial charge in [-0.2, -0.15) is 0 Å². The maximum atomic E-state index is 8.96. The first-order valence-corrected chi connectivity index (χ1v) is 6.69. The van der Waals surface area contributed by atoms with Crippen molar-refractivity contribution in [3.05, 3.63) is 29.3 Å². The minimum Gasteiger partial charge on any atom is -0.396 e. The number of piperidine rings is 1. The van der Waals surface area contributed by atoms with Crippen LogP contribution in [-0.2, 0) is 6.42 Å². The van der Waals surface area contributed by atoms with Crippen LogP contribution in [0, 0.1) is 6.92 Å². The predicted molar refractivity (Wildman–Crippen MR) is 72.6 cm³/mol. The third kappa shape index (κ3) is 2.81. The van der Waals surface area contributed by atoms with Crippen molar-refractivity contribution in [1.82, 2.24) is 0 Å². The van der Waals surface area contributed by atoms with Crippen LogP contribution in [0.15, 0.2) is 18.2 Å². The molecule has 1 fully saturated rings. The number of benzene rings is 1. The van der Waals surface area contributed by atoms with Crippen molar-refractivity contribution >= 4 is 5.69 Å². The van der Waals surface area contributed by atoms with Gasteiger partial charge in [0, 0.05) is 24.9 Å². The SMILES string of the molecule is Cc1cc(CCO)ccc1N1CCCCC1C. The maximum Gasteiger partial charge on any atom is 0.0471 e. The highest BCUT2D eigenvalue weighted by Crippen LogP contribution is 2.28. The fourth-order valence-electron chi connectivity index (χ4n) is 2.78. The van der Waals surface area contributed by atoms with E-state index in [0.29, 0.717) is 6.04 Å². The van der Waals surface area contributed by atoms with Gasteiger partial charge in [-0.15, -0.1) is 0 Å².